The standard InChI is InChI=1S/C18H20F3N5O3S/c19-18(20,21)16-15(6-5-7-24-16)17(27)26(25-8-3-1-2-4-9-25)13-10-14(12-23-11-13)30(22,28)29/h5-7,10-12H,1-4,8-9H2,(H2,22,28,29). The second-order valence-electron chi connectivity index (χ2n) is 6.81. The number of anilines is 1. The molecular weight excluding hydrogens is 423 g/mol. The van der Waals surface area contributed by atoms with Gasteiger partial charge in [-0.3, -0.25) is 14.8 Å². The van der Waals surface area contributed by atoms with Crippen molar-refractivity contribution in [3.05, 3.63) is 48.0 Å². The lowest BCUT2D eigenvalue weighted by atomic mass is 10.1. The highest BCUT2D eigenvalue weighted by molar-refractivity contribution is 7.89. The number of halogens is 3. The molecule has 2 aromatic heterocycles. The number of aromatic nitrogens is 2. The molecule has 0 aromatic carbocycles. The van der Waals surface area contributed by atoms with Gasteiger partial charge in [-0.25, -0.2) is 23.6 Å². The predicted octanol–water partition coefficient (Wildman–Crippen LogP) is 2.58. The van der Waals surface area contributed by atoms with Gasteiger partial charge in [0.15, 0.2) is 5.69 Å². The number of sulfonamides is 1. The van der Waals surface area contributed by atoms with E-state index in [-0.39, 0.29) is 10.6 Å². The van der Waals surface area contributed by atoms with Gasteiger partial charge < -0.3 is 0 Å². The lowest BCUT2D eigenvalue weighted by molar-refractivity contribution is -0.141. The molecule has 0 atom stereocenters. The molecule has 0 bridgehead atoms. The number of nitrogens with two attached hydrogens (primary N) is 1. The molecule has 30 heavy (non-hydrogen) atoms. The van der Waals surface area contributed by atoms with Crippen molar-refractivity contribution in [3.63, 3.8) is 0 Å². The maximum absolute atomic E-state index is 13.4. The van der Waals surface area contributed by atoms with Crippen molar-refractivity contribution in [2.45, 2.75) is 36.8 Å². The van der Waals surface area contributed by atoms with Crippen LogP contribution in [-0.2, 0) is 16.2 Å². The molecule has 1 amide bonds. The van der Waals surface area contributed by atoms with E-state index in [0.29, 0.717) is 13.1 Å². The van der Waals surface area contributed by atoms with Crippen LogP contribution in [0.5, 0.6) is 0 Å². The van der Waals surface area contributed by atoms with Crippen LogP contribution in [0, 0.1) is 0 Å². The largest absolute Gasteiger partial charge is 0.434 e. The number of hydrazine groups is 1. The van der Waals surface area contributed by atoms with E-state index in [4.69, 9.17) is 5.14 Å². The van der Waals surface area contributed by atoms with Crippen LogP contribution in [-0.4, -0.2) is 42.4 Å². The van der Waals surface area contributed by atoms with Crippen LogP contribution in [0.4, 0.5) is 18.9 Å². The van der Waals surface area contributed by atoms with Crippen LogP contribution in [0.15, 0.2) is 41.7 Å². The van der Waals surface area contributed by atoms with Crippen molar-refractivity contribution in [1.82, 2.24) is 15.0 Å². The second kappa shape index (κ2) is 8.66. The van der Waals surface area contributed by atoms with Crippen molar-refractivity contribution in [1.29, 1.82) is 0 Å². The molecule has 0 saturated carbocycles. The minimum Gasteiger partial charge on any atom is -0.267 e. The molecule has 2 aromatic rings. The molecule has 2 N–H and O–H groups in total. The topological polar surface area (TPSA) is 109 Å². The number of hydrogen-bond donors (Lipinski definition) is 1. The lowest BCUT2D eigenvalue weighted by Gasteiger charge is -2.34. The highest BCUT2D eigenvalue weighted by atomic mass is 32.2. The maximum Gasteiger partial charge on any atom is 0.434 e. The van der Waals surface area contributed by atoms with Crippen molar-refractivity contribution in [2.75, 3.05) is 18.1 Å². The average Bonchev–Trinajstić information content (AvgIpc) is 2.96. The zero-order chi connectivity index (χ0) is 21.9. The maximum atomic E-state index is 13.4. The third-order valence-corrected chi connectivity index (χ3v) is 5.52. The van der Waals surface area contributed by atoms with E-state index >= 15 is 0 Å². The molecule has 0 radical (unpaired) electrons. The molecule has 1 fully saturated rings. The third kappa shape index (κ3) is 4.94. The van der Waals surface area contributed by atoms with E-state index in [9.17, 15) is 26.4 Å². The Morgan fingerprint density at radius 2 is 1.80 bits per heavy atom. The van der Waals surface area contributed by atoms with Gasteiger partial charge in [0.1, 0.15) is 4.90 Å². The summed E-state index contributed by atoms with van der Waals surface area (Å²) >= 11 is 0. The number of nitrogens with zero attached hydrogens (tertiary/aromatic N) is 4. The smallest absolute Gasteiger partial charge is 0.267 e. The molecule has 8 nitrogen and oxygen atoms in total. The molecule has 3 heterocycles. The van der Waals surface area contributed by atoms with E-state index in [1.807, 2.05) is 0 Å². The zero-order valence-corrected chi connectivity index (χ0v) is 16.7. The third-order valence-electron chi connectivity index (χ3n) is 4.64. The van der Waals surface area contributed by atoms with Gasteiger partial charge in [-0.1, -0.05) is 12.8 Å². The summed E-state index contributed by atoms with van der Waals surface area (Å²) in [7, 11) is -4.13. The first-order chi connectivity index (χ1) is 14.1. The fourth-order valence-corrected chi connectivity index (χ4v) is 3.75. The van der Waals surface area contributed by atoms with Crippen LogP contribution in [0.1, 0.15) is 41.7 Å². The first-order valence-corrected chi connectivity index (χ1v) is 10.7. The fraction of sp³-hybridized carbons (Fsp3) is 0.389. The van der Waals surface area contributed by atoms with Gasteiger partial charge in [-0.05, 0) is 31.0 Å². The Labute approximate surface area is 171 Å². The van der Waals surface area contributed by atoms with Crippen molar-refractivity contribution in [2.24, 2.45) is 5.14 Å². The average molecular weight is 443 g/mol. The summed E-state index contributed by atoms with van der Waals surface area (Å²) in [5.74, 6) is -0.981. The second-order valence-corrected chi connectivity index (χ2v) is 8.37. The molecule has 12 heteroatoms. The summed E-state index contributed by atoms with van der Waals surface area (Å²) in [6.45, 7) is 0.819. The summed E-state index contributed by atoms with van der Waals surface area (Å²) in [4.78, 5) is 20.1. The molecule has 1 aliphatic heterocycles. The minimum absolute atomic E-state index is 0.00500. The number of amides is 1. The van der Waals surface area contributed by atoms with E-state index in [0.717, 1.165) is 55.2 Å². The number of hydrogen-bond acceptors (Lipinski definition) is 6. The van der Waals surface area contributed by atoms with E-state index in [1.54, 1.807) is 5.01 Å². The van der Waals surface area contributed by atoms with Gasteiger partial charge in [0.2, 0.25) is 10.0 Å². The monoisotopic (exact) mass is 443 g/mol. The first-order valence-electron chi connectivity index (χ1n) is 9.18. The van der Waals surface area contributed by atoms with Crippen LogP contribution >= 0.6 is 0 Å². The molecule has 1 aliphatic rings. The molecule has 0 unspecified atom stereocenters. The van der Waals surface area contributed by atoms with Gasteiger partial charge in [-0.15, -0.1) is 0 Å². The van der Waals surface area contributed by atoms with Gasteiger partial charge in [0.05, 0.1) is 17.4 Å². The molecule has 162 valence electrons. The lowest BCUT2D eigenvalue weighted by Crippen LogP contribution is -2.48. The quantitative estimate of drug-likeness (QED) is 0.778. The van der Waals surface area contributed by atoms with Gasteiger partial charge >= 0.3 is 6.18 Å². The number of primary sulfonamides is 1. The Hall–Kier alpha value is -2.57. The Kier molecular flexibility index (Phi) is 6.38. The Balaban J connectivity index is 2.13. The van der Waals surface area contributed by atoms with Crippen molar-refractivity contribution in [3.8, 4) is 0 Å². The number of alkyl halides is 3. The van der Waals surface area contributed by atoms with Crippen LogP contribution in [0.25, 0.3) is 0 Å². The first kappa shape index (κ1) is 22.1. The number of rotatable bonds is 4. The van der Waals surface area contributed by atoms with E-state index in [1.165, 1.54) is 12.3 Å². The van der Waals surface area contributed by atoms with Crippen molar-refractivity contribution < 1.29 is 26.4 Å². The van der Waals surface area contributed by atoms with Crippen LogP contribution < -0.4 is 10.1 Å². The Bertz CT molecular complexity index is 1020. The number of carbonyl (C=O) groups is 1. The molecular formula is C18H20F3N5O3S. The van der Waals surface area contributed by atoms with Gasteiger partial charge in [0, 0.05) is 25.5 Å². The normalized spacial score (nSPS) is 16.1. The number of carbonyl (C=O) groups excluding carboxylic acids is 1. The van der Waals surface area contributed by atoms with Crippen molar-refractivity contribution >= 4 is 21.6 Å². The summed E-state index contributed by atoms with van der Waals surface area (Å²) < 4.78 is 63.8. The number of pyridine rings is 2. The van der Waals surface area contributed by atoms with Gasteiger partial charge in [-0.2, -0.15) is 13.2 Å². The Morgan fingerprint density at radius 3 is 2.40 bits per heavy atom. The van der Waals surface area contributed by atoms with E-state index < -0.39 is 33.4 Å². The predicted molar refractivity (Wildman–Crippen MR) is 102 cm³/mol. The van der Waals surface area contributed by atoms with Crippen LogP contribution in [0.3, 0.4) is 0 Å². The highest BCUT2D eigenvalue weighted by Gasteiger charge is 2.39. The molecule has 0 aliphatic carbocycles. The summed E-state index contributed by atoms with van der Waals surface area (Å²) in [5.41, 5.74) is -1.95. The fourth-order valence-electron chi connectivity index (χ4n) is 3.26. The molecule has 0 spiro atoms. The summed E-state index contributed by atoms with van der Waals surface area (Å²) in [5, 5.41) is 7.80. The highest BCUT2D eigenvalue weighted by Crippen LogP contribution is 2.32. The molecule has 1 saturated heterocycles. The minimum atomic E-state index is -4.84. The van der Waals surface area contributed by atoms with Crippen LogP contribution in [0.2, 0.25) is 0 Å². The van der Waals surface area contributed by atoms with E-state index in [2.05, 4.69) is 9.97 Å². The summed E-state index contributed by atoms with van der Waals surface area (Å²) in [6.07, 6.45) is 1.62. The SMILES string of the molecule is NS(=O)(=O)c1cncc(N(C(=O)c2cccnc2C(F)(F)F)N2CCCCCC2)c1. The van der Waals surface area contributed by atoms with Gasteiger partial charge in [0.25, 0.3) is 5.91 Å². The zero-order valence-electron chi connectivity index (χ0n) is 15.8. The Morgan fingerprint density at radius 1 is 1.13 bits per heavy atom. The molecule has 3 rings (SSSR count). The summed E-state index contributed by atoms with van der Waals surface area (Å²) in [6, 6.07) is 3.40.